The predicted molar refractivity (Wildman–Crippen MR) is 193 cm³/mol. The number of anilines is 2. The Bertz CT molecular complexity index is 1470. The normalized spacial score (nSPS) is 16.4. The molecule has 2 heterocycles. The molecule has 11 nitrogen and oxygen atoms in total. The Morgan fingerprint density at radius 1 is 0.957 bits per heavy atom. The maximum Gasteiger partial charge on any atom is 0.228 e. The number of rotatable bonds is 17. The summed E-state index contributed by atoms with van der Waals surface area (Å²) in [6.45, 7) is 6.60. The van der Waals surface area contributed by atoms with E-state index in [2.05, 4.69) is 48.4 Å². The molecule has 3 aromatic rings. The van der Waals surface area contributed by atoms with E-state index in [1.807, 2.05) is 42.5 Å². The summed E-state index contributed by atoms with van der Waals surface area (Å²) < 4.78 is 0. The van der Waals surface area contributed by atoms with E-state index in [1.54, 1.807) is 6.21 Å². The van der Waals surface area contributed by atoms with Gasteiger partial charge in [-0.25, -0.2) is 4.98 Å². The highest BCUT2D eigenvalue weighted by Gasteiger charge is 2.19. The zero-order chi connectivity index (χ0) is 32.5. The van der Waals surface area contributed by atoms with E-state index in [0.717, 1.165) is 86.7 Å². The number of para-hydroxylation sites is 1. The lowest BCUT2D eigenvalue weighted by Crippen LogP contribution is -2.36. The molecule has 1 aromatic heterocycles. The van der Waals surface area contributed by atoms with Gasteiger partial charge in [-0.3, -0.25) is 4.99 Å². The molecule has 0 bridgehead atoms. The zero-order valence-corrected chi connectivity index (χ0v) is 27.6. The summed E-state index contributed by atoms with van der Waals surface area (Å²) in [4.78, 5) is 16.8. The predicted octanol–water partition coefficient (Wildman–Crippen LogP) is 4.35. The number of aromatic nitrogens is 2. The van der Waals surface area contributed by atoms with Crippen LogP contribution in [0, 0.1) is 11.3 Å². The van der Waals surface area contributed by atoms with Crippen molar-refractivity contribution in [1.82, 2.24) is 25.9 Å². The van der Waals surface area contributed by atoms with Gasteiger partial charge < -0.3 is 32.0 Å². The van der Waals surface area contributed by atoms with Crippen molar-refractivity contribution in [3.63, 3.8) is 0 Å². The van der Waals surface area contributed by atoms with Gasteiger partial charge >= 0.3 is 0 Å². The van der Waals surface area contributed by atoms with Gasteiger partial charge in [0.15, 0.2) is 0 Å². The van der Waals surface area contributed by atoms with Crippen LogP contribution in [-0.2, 0) is 6.54 Å². The summed E-state index contributed by atoms with van der Waals surface area (Å²) in [6, 6.07) is 19.0. The maximum atomic E-state index is 9.29. The molecule has 2 aliphatic rings. The molecule has 1 aliphatic heterocycles. The van der Waals surface area contributed by atoms with Crippen LogP contribution in [-0.4, -0.2) is 79.8 Å². The molecule has 0 radical (unpaired) electrons. The largest absolute Gasteiger partial charge is 0.367 e. The minimum atomic E-state index is 0.343. The summed E-state index contributed by atoms with van der Waals surface area (Å²) in [7, 11) is 0. The third-order valence-corrected chi connectivity index (χ3v) is 8.98. The molecule has 6 N–H and O–H groups in total. The standard InChI is InChI=1S/C36H51N11/c37-24-28-12-14-29(15-13-28)26-47(36-44-34-11-5-4-10-33(34)35(45-36)43-31-16-22-40-23-17-31)27-32(46-38)25-41-20-6-18-39-19-7-21-42-30-8-2-1-3-9-30/h4-5,10-15,25,30-31,39-40,42H,1-3,6-9,16-23,26-27,38H2,(H,43,44,45). The average Bonchev–Trinajstić information content (AvgIpc) is 3.12. The van der Waals surface area contributed by atoms with Gasteiger partial charge in [0.1, 0.15) is 5.82 Å². The molecule has 11 heteroatoms. The lowest BCUT2D eigenvalue weighted by molar-refractivity contribution is 0.371. The number of nitrogens with two attached hydrogens (primary N) is 1. The van der Waals surface area contributed by atoms with Gasteiger partial charge in [0.25, 0.3) is 0 Å². The van der Waals surface area contributed by atoms with Gasteiger partial charge in [0.2, 0.25) is 5.95 Å². The molecule has 1 saturated heterocycles. The van der Waals surface area contributed by atoms with Crippen molar-refractivity contribution in [1.29, 1.82) is 5.26 Å². The van der Waals surface area contributed by atoms with Gasteiger partial charge in [-0.2, -0.15) is 15.3 Å². The lowest BCUT2D eigenvalue weighted by Gasteiger charge is -2.27. The van der Waals surface area contributed by atoms with Crippen molar-refractivity contribution in [2.24, 2.45) is 15.9 Å². The fraction of sp³-hybridized carbons (Fsp3) is 0.528. The van der Waals surface area contributed by atoms with Crippen LogP contribution in [0.1, 0.15) is 68.9 Å². The molecule has 5 rings (SSSR count). The van der Waals surface area contributed by atoms with Crippen LogP contribution in [0.4, 0.5) is 11.8 Å². The fourth-order valence-corrected chi connectivity index (χ4v) is 6.30. The highest BCUT2D eigenvalue weighted by molar-refractivity contribution is 6.32. The van der Waals surface area contributed by atoms with Crippen LogP contribution in [0.5, 0.6) is 0 Å². The highest BCUT2D eigenvalue weighted by atomic mass is 15.3. The van der Waals surface area contributed by atoms with Crippen LogP contribution in [0.2, 0.25) is 0 Å². The smallest absolute Gasteiger partial charge is 0.228 e. The third kappa shape index (κ3) is 11.0. The number of nitrogens with zero attached hydrogens (tertiary/aromatic N) is 6. The first-order chi connectivity index (χ1) is 23.2. The average molecular weight is 638 g/mol. The Kier molecular flexibility index (Phi) is 13.8. The number of nitrogens with one attached hydrogen (secondary N) is 4. The molecule has 1 saturated carbocycles. The van der Waals surface area contributed by atoms with Crippen LogP contribution in [0.3, 0.4) is 0 Å². The molecule has 2 fully saturated rings. The molecule has 250 valence electrons. The van der Waals surface area contributed by atoms with Crippen LogP contribution in [0.25, 0.3) is 10.9 Å². The Hall–Kier alpha value is -4.11. The van der Waals surface area contributed by atoms with Crippen molar-refractivity contribution in [2.45, 2.75) is 76.4 Å². The first-order valence-corrected chi connectivity index (χ1v) is 17.4. The number of hydrogen-bond donors (Lipinski definition) is 5. The molecule has 0 spiro atoms. The number of nitriles is 1. The molecule has 0 unspecified atom stereocenters. The number of fused-ring (bicyclic) bond motifs is 1. The number of piperidine rings is 1. The second kappa shape index (κ2) is 18.9. The van der Waals surface area contributed by atoms with Crippen molar-refractivity contribution in [3.8, 4) is 6.07 Å². The minimum Gasteiger partial charge on any atom is -0.367 e. The zero-order valence-electron chi connectivity index (χ0n) is 27.6. The van der Waals surface area contributed by atoms with Crippen molar-refractivity contribution < 1.29 is 0 Å². The number of hydrazone groups is 1. The van der Waals surface area contributed by atoms with E-state index in [4.69, 9.17) is 15.8 Å². The maximum absolute atomic E-state index is 9.29. The third-order valence-electron chi connectivity index (χ3n) is 8.98. The quantitative estimate of drug-likeness (QED) is 0.0630. The van der Waals surface area contributed by atoms with E-state index in [-0.39, 0.29) is 0 Å². The molecule has 0 amide bonds. The molecule has 47 heavy (non-hydrogen) atoms. The molecule has 2 aromatic carbocycles. The van der Waals surface area contributed by atoms with Crippen LogP contribution < -0.4 is 32.0 Å². The van der Waals surface area contributed by atoms with E-state index in [9.17, 15) is 5.26 Å². The van der Waals surface area contributed by atoms with Crippen molar-refractivity contribution in [2.75, 3.05) is 56.0 Å². The Morgan fingerprint density at radius 3 is 2.53 bits per heavy atom. The van der Waals surface area contributed by atoms with Crippen LogP contribution in [0.15, 0.2) is 58.6 Å². The van der Waals surface area contributed by atoms with E-state index >= 15 is 0 Å². The lowest BCUT2D eigenvalue weighted by atomic mass is 9.95. The first-order valence-electron chi connectivity index (χ1n) is 17.4. The van der Waals surface area contributed by atoms with E-state index < -0.39 is 0 Å². The summed E-state index contributed by atoms with van der Waals surface area (Å²) in [5.74, 6) is 7.31. The van der Waals surface area contributed by atoms with Gasteiger partial charge in [0, 0.05) is 36.8 Å². The second-order valence-electron chi connectivity index (χ2n) is 12.6. The minimum absolute atomic E-state index is 0.343. The summed E-state index contributed by atoms with van der Waals surface area (Å²) >= 11 is 0. The van der Waals surface area contributed by atoms with Crippen molar-refractivity contribution >= 4 is 34.6 Å². The Balaban J connectivity index is 1.20. The van der Waals surface area contributed by atoms with Gasteiger partial charge in [-0.1, -0.05) is 43.5 Å². The van der Waals surface area contributed by atoms with Crippen molar-refractivity contribution in [3.05, 3.63) is 59.7 Å². The fourth-order valence-electron chi connectivity index (χ4n) is 6.30. The summed E-state index contributed by atoms with van der Waals surface area (Å²) in [5, 5.41) is 28.8. The molecular weight excluding hydrogens is 586 g/mol. The SMILES string of the molecule is N#Cc1ccc(CN(CC(C=NCCCNCCCNC2CCCCC2)=NN)c2nc(NC3CCNCC3)c3ccccc3n2)cc1. The number of hydrogen-bond acceptors (Lipinski definition) is 11. The van der Waals surface area contributed by atoms with E-state index in [1.165, 1.54) is 32.1 Å². The number of aliphatic imine (C=N–C) groups is 1. The molecular formula is C36H51N11. The monoisotopic (exact) mass is 637 g/mol. The Morgan fingerprint density at radius 2 is 1.74 bits per heavy atom. The topological polar surface area (TPSA) is 152 Å². The highest BCUT2D eigenvalue weighted by Crippen LogP contribution is 2.26. The summed E-state index contributed by atoms with van der Waals surface area (Å²) in [5.41, 5.74) is 3.17. The van der Waals surface area contributed by atoms with Gasteiger partial charge in [-0.05, 0) is 101 Å². The van der Waals surface area contributed by atoms with Gasteiger partial charge in [0.05, 0.1) is 29.4 Å². The number of benzene rings is 2. The second-order valence-corrected chi connectivity index (χ2v) is 12.6. The summed E-state index contributed by atoms with van der Waals surface area (Å²) in [6.07, 6.45) is 12.7. The molecule has 1 aliphatic carbocycles. The van der Waals surface area contributed by atoms with Gasteiger partial charge in [-0.15, -0.1) is 0 Å². The van der Waals surface area contributed by atoms with Crippen LogP contribution >= 0.6 is 0 Å². The Labute approximate surface area is 279 Å². The first kappa shape index (κ1) is 34.2. The van der Waals surface area contributed by atoms with E-state index in [0.29, 0.717) is 42.9 Å². The molecule has 0 atom stereocenters.